The Bertz CT molecular complexity index is 500. The molecule has 0 aromatic heterocycles. The number of hydrogen-bond acceptors (Lipinski definition) is 2. The highest BCUT2D eigenvalue weighted by Gasteiger charge is 2.22. The van der Waals surface area contributed by atoms with Crippen LogP contribution in [0, 0.1) is 13.8 Å². The summed E-state index contributed by atoms with van der Waals surface area (Å²) >= 11 is 5.62. The summed E-state index contributed by atoms with van der Waals surface area (Å²) in [6.07, 6.45) is 0.666. The highest BCUT2D eigenvalue weighted by Crippen LogP contribution is 2.19. The molecule has 1 rings (SSSR count). The standard InChI is InChI=1S/C13H20ClNO2S/c1-4-15(9-5-8-14)18(16,17)13-7-6-11(2)12(3)10-13/h6-7,10H,4-5,8-9H2,1-3H3. The average Bonchev–Trinajstić information content (AvgIpc) is 2.33. The first-order valence-electron chi connectivity index (χ1n) is 6.06. The summed E-state index contributed by atoms with van der Waals surface area (Å²) in [5, 5.41) is 0. The Morgan fingerprint density at radius 2 is 1.89 bits per heavy atom. The number of aryl methyl sites for hydroxylation is 2. The van der Waals surface area contributed by atoms with Gasteiger partial charge in [-0.15, -0.1) is 11.6 Å². The molecule has 1 aromatic rings. The molecule has 0 aliphatic carbocycles. The lowest BCUT2D eigenvalue weighted by molar-refractivity contribution is 0.428. The van der Waals surface area contributed by atoms with Crippen molar-refractivity contribution in [1.82, 2.24) is 4.31 Å². The third-order valence-corrected chi connectivity index (χ3v) is 5.25. The number of hydrogen-bond donors (Lipinski definition) is 0. The molecular weight excluding hydrogens is 270 g/mol. The lowest BCUT2D eigenvalue weighted by Crippen LogP contribution is -2.32. The van der Waals surface area contributed by atoms with Crippen LogP contribution in [0.1, 0.15) is 24.5 Å². The number of halogens is 1. The van der Waals surface area contributed by atoms with Gasteiger partial charge in [0.05, 0.1) is 4.90 Å². The lowest BCUT2D eigenvalue weighted by atomic mass is 10.1. The molecule has 0 heterocycles. The van der Waals surface area contributed by atoms with Gasteiger partial charge >= 0.3 is 0 Å². The molecule has 0 atom stereocenters. The fraction of sp³-hybridized carbons (Fsp3) is 0.538. The number of nitrogens with zero attached hydrogens (tertiary/aromatic N) is 1. The van der Waals surface area contributed by atoms with Gasteiger partial charge in [-0.1, -0.05) is 13.0 Å². The van der Waals surface area contributed by atoms with E-state index in [2.05, 4.69) is 0 Å². The third-order valence-electron chi connectivity index (χ3n) is 3.01. The monoisotopic (exact) mass is 289 g/mol. The first-order chi connectivity index (χ1) is 8.43. The van der Waals surface area contributed by atoms with Crippen LogP contribution in [0.2, 0.25) is 0 Å². The van der Waals surface area contributed by atoms with Gasteiger partial charge in [0.1, 0.15) is 0 Å². The number of benzene rings is 1. The van der Waals surface area contributed by atoms with Crippen molar-refractivity contribution in [2.45, 2.75) is 32.1 Å². The van der Waals surface area contributed by atoms with Crippen LogP contribution < -0.4 is 0 Å². The van der Waals surface area contributed by atoms with Crippen molar-refractivity contribution in [3.05, 3.63) is 29.3 Å². The zero-order valence-corrected chi connectivity index (χ0v) is 12.7. The number of sulfonamides is 1. The van der Waals surface area contributed by atoms with E-state index in [1.165, 1.54) is 4.31 Å². The fourth-order valence-corrected chi connectivity index (χ4v) is 3.40. The molecule has 0 spiro atoms. The van der Waals surface area contributed by atoms with E-state index in [4.69, 9.17) is 11.6 Å². The van der Waals surface area contributed by atoms with E-state index in [9.17, 15) is 8.42 Å². The molecule has 0 saturated carbocycles. The maximum absolute atomic E-state index is 12.4. The minimum Gasteiger partial charge on any atom is -0.207 e. The quantitative estimate of drug-likeness (QED) is 0.755. The van der Waals surface area contributed by atoms with Gasteiger partial charge < -0.3 is 0 Å². The van der Waals surface area contributed by atoms with E-state index in [1.807, 2.05) is 26.8 Å². The van der Waals surface area contributed by atoms with Crippen molar-refractivity contribution in [3.8, 4) is 0 Å². The smallest absolute Gasteiger partial charge is 0.207 e. The number of rotatable bonds is 6. The molecule has 5 heteroatoms. The molecule has 0 N–H and O–H groups in total. The minimum atomic E-state index is -3.39. The van der Waals surface area contributed by atoms with Gasteiger partial charge in [0, 0.05) is 19.0 Å². The van der Waals surface area contributed by atoms with E-state index in [-0.39, 0.29) is 0 Å². The third kappa shape index (κ3) is 3.46. The second-order valence-electron chi connectivity index (χ2n) is 4.29. The molecule has 0 unspecified atom stereocenters. The Morgan fingerprint density at radius 3 is 2.39 bits per heavy atom. The predicted molar refractivity (Wildman–Crippen MR) is 75.7 cm³/mol. The summed E-state index contributed by atoms with van der Waals surface area (Å²) in [4.78, 5) is 0.363. The van der Waals surface area contributed by atoms with Crippen molar-refractivity contribution in [2.75, 3.05) is 19.0 Å². The lowest BCUT2D eigenvalue weighted by Gasteiger charge is -2.20. The molecule has 0 amide bonds. The Balaban J connectivity index is 3.06. The molecular formula is C13H20ClNO2S. The molecule has 1 aromatic carbocycles. The summed E-state index contributed by atoms with van der Waals surface area (Å²) in [6.45, 7) is 6.66. The minimum absolute atomic E-state index is 0.363. The Kier molecular flexibility index (Phi) is 5.63. The van der Waals surface area contributed by atoms with E-state index in [0.717, 1.165) is 11.1 Å². The molecule has 0 radical (unpaired) electrons. The van der Waals surface area contributed by atoms with Crippen LogP contribution >= 0.6 is 11.6 Å². The SMILES string of the molecule is CCN(CCCCl)S(=O)(=O)c1ccc(C)c(C)c1. The van der Waals surface area contributed by atoms with Gasteiger partial charge in [-0.05, 0) is 43.5 Å². The topological polar surface area (TPSA) is 37.4 Å². The van der Waals surface area contributed by atoms with Gasteiger partial charge in [-0.2, -0.15) is 4.31 Å². The van der Waals surface area contributed by atoms with Crippen LogP contribution in [0.4, 0.5) is 0 Å². The van der Waals surface area contributed by atoms with Crippen molar-refractivity contribution in [2.24, 2.45) is 0 Å². The number of alkyl halides is 1. The summed E-state index contributed by atoms with van der Waals surface area (Å²) in [7, 11) is -3.39. The Hall–Kier alpha value is -0.580. The molecule has 0 fully saturated rings. The van der Waals surface area contributed by atoms with E-state index >= 15 is 0 Å². The van der Waals surface area contributed by atoms with Gasteiger partial charge in [0.25, 0.3) is 0 Å². The van der Waals surface area contributed by atoms with Crippen LogP contribution in [0.5, 0.6) is 0 Å². The zero-order valence-electron chi connectivity index (χ0n) is 11.1. The van der Waals surface area contributed by atoms with Crippen LogP contribution in [0.3, 0.4) is 0 Å². The average molecular weight is 290 g/mol. The molecule has 0 bridgehead atoms. The normalized spacial score (nSPS) is 12.1. The van der Waals surface area contributed by atoms with E-state index < -0.39 is 10.0 Å². The van der Waals surface area contributed by atoms with Gasteiger partial charge in [-0.3, -0.25) is 0 Å². The summed E-state index contributed by atoms with van der Waals surface area (Å²) in [6, 6.07) is 5.24. The van der Waals surface area contributed by atoms with Crippen LogP contribution in [0.15, 0.2) is 23.1 Å². The van der Waals surface area contributed by atoms with Crippen molar-refractivity contribution < 1.29 is 8.42 Å². The van der Waals surface area contributed by atoms with E-state index in [0.29, 0.717) is 30.3 Å². The van der Waals surface area contributed by atoms with Gasteiger partial charge in [-0.25, -0.2) is 8.42 Å². The molecule has 0 aliphatic rings. The highest BCUT2D eigenvalue weighted by atomic mass is 35.5. The van der Waals surface area contributed by atoms with Gasteiger partial charge in [0.2, 0.25) is 10.0 Å². The largest absolute Gasteiger partial charge is 0.243 e. The van der Waals surface area contributed by atoms with Crippen LogP contribution in [-0.4, -0.2) is 31.7 Å². The fourth-order valence-electron chi connectivity index (χ4n) is 1.71. The van der Waals surface area contributed by atoms with Crippen molar-refractivity contribution in [3.63, 3.8) is 0 Å². The molecule has 18 heavy (non-hydrogen) atoms. The molecule has 102 valence electrons. The summed E-state index contributed by atoms with van der Waals surface area (Å²) in [5.74, 6) is 0.471. The Labute approximate surface area is 115 Å². The second-order valence-corrected chi connectivity index (χ2v) is 6.60. The van der Waals surface area contributed by atoms with Crippen molar-refractivity contribution >= 4 is 21.6 Å². The summed E-state index contributed by atoms with van der Waals surface area (Å²) < 4.78 is 26.3. The first kappa shape index (κ1) is 15.5. The van der Waals surface area contributed by atoms with Crippen molar-refractivity contribution in [1.29, 1.82) is 0 Å². The predicted octanol–water partition coefficient (Wildman–Crippen LogP) is 2.94. The summed E-state index contributed by atoms with van der Waals surface area (Å²) in [5.41, 5.74) is 2.09. The van der Waals surface area contributed by atoms with Gasteiger partial charge in [0.15, 0.2) is 0 Å². The molecule has 0 aliphatic heterocycles. The van der Waals surface area contributed by atoms with E-state index in [1.54, 1.807) is 12.1 Å². The van der Waals surface area contributed by atoms with Crippen LogP contribution in [-0.2, 0) is 10.0 Å². The second kappa shape index (κ2) is 6.55. The maximum atomic E-state index is 12.4. The Morgan fingerprint density at radius 1 is 1.22 bits per heavy atom. The highest BCUT2D eigenvalue weighted by molar-refractivity contribution is 7.89. The van der Waals surface area contributed by atoms with Crippen LogP contribution in [0.25, 0.3) is 0 Å². The molecule has 3 nitrogen and oxygen atoms in total. The maximum Gasteiger partial charge on any atom is 0.243 e. The first-order valence-corrected chi connectivity index (χ1v) is 8.04. The zero-order chi connectivity index (χ0) is 13.8. The molecule has 0 saturated heterocycles.